The average molecular weight is 260 g/mol. The summed E-state index contributed by atoms with van der Waals surface area (Å²) in [6.45, 7) is 4.38. The number of allylic oxidation sites excluding steroid dienone is 4. The van der Waals surface area contributed by atoms with E-state index in [2.05, 4.69) is 32.1 Å². The predicted molar refractivity (Wildman–Crippen MR) is 61.0 cm³/mol. The minimum absolute atomic E-state index is 0. The maximum absolute atomic E-state index is 3.26. The van der Waals surface area contributed by atoms with Gasteiger partial charge in [0.2, 0.25) is 0 Å². The Morgan fingerprint density at radius 1 is 1.15 bits per heavy atom. The third-order valence-corrected chi connectivity index (χ3v) is 1.34. The fourth-order valence-corrected chi connectivity index (χ4v) is 0.818. The molecule has 1 aliphatic rings. The van der Waals surface area contributed by atoms with Gasteiger partial charge in [-0.2, -0.15) is 6.08 Å². The topological polar surface area (TPSA) is 0 Å². The van der Waals surface area contributed by atoms with Crippen molar-refractivity contribution in [1.82, 2.24) is 0 Å². The second kappa shape index (κ2) is 14.7. The number of rotatable bonds is 1. The van der Waals surface area contributed by atoms with Crippen molar-refractivity contribution in [3.05, 3.63) is 53.5 Å². The van der Waals surface area contributed by atoms with E-state index in [0.29, 0.717) is 5.92 Å². The summed E-state index contributed by atoms with van der Waals surface area (Å²) in [7, 11) is 0. The van der Waals surface area contributed by atoms with Crippen LogP contribution in [-0.2, 0) is 22.4 Å². The molecule has 0 atom stereocenters. The molecule has 1 aliphatic carbocycles. The molecule has 0 heterocycles. The summed E-state index contributed by atoms with van der Waals surface area (Å²) in [4.78, 5) is 0. The van der Waals surface area contributed by atoms with Crippen LogP contribution < -0.4 is 0 Å². The van der Waals surface area contributed by atoms with E-state index >= 15 is 0 Å². The second-order valence-corrected chi connectivity index (χ2v) is 2.39. The maximum atomic E-state index is 3.26. The molecule has 76 valence electrons. The van der Waals surface area contributed by atoms with Crippen molar-refractivity contribution in [1.29, 1.82) is 0 Å². The molecule has 0 fully saturated rings. The minimum atomic E-state index is 0. The van der Waals surface area contributed by atoms with Crippen molar-refractivity contribution in [3.8, 4) is 0 Å². The SMILES string of the molecule is CC(C)C1=[C-]CC=C1.[CH3-].[CH3-].[CH3-].[CH3-].[Nb+5]. The summed E-state index contributed by atoms with van der Waals surface area (Å²) in [6.07, 6.45) is 8.59. The van der Waals surface area contributed by atoms with Gasteiger partial charge in [-0.3, -0.25) is 6.08 Å². The zero-order chi connectivity index (χ0) is 5.98. The van der Waals surface area contributed by atoms with Crippen LogP contribution in [0.1, 0.15) is 20.3 Å². The van der Waals surface area contributed by atoms with E-state index < -0.39 is 0 Å². The Morgan fingerprint density at radius 2 is 1.62 bits per heavy atom. The van der Waals surface area contributed by atoms with E-state index in [0.717, 1.165) is 6.42 Å². The molecule has 0 unspecified atom stereocenters. The summed E-state index contributed by atoms with van der Waals surface area (Å²) in [5.74, 6) is 0.661. The first kappa shape index (κ1) is 29.2. The van der Waals surface area contributed by atoms with Gasteiger partial charge in [-0.15, -0.1) is 6.42 Å². The van der Waals surface area contributed by atoms with Gasteiger partial charge in [-0.25, -0.2) is 11.6 Å². The summed E-state index contributed by atoms with van der Waals surface area (Å²) < 4.78 is 0. The first-order valence-electron chi connectivity index (χ1n) is 3.08. The van der Waals surface area contributed by atoms with Crippen LogP contribution in [-0.4, -0.2) is 0 Å². The predicted octanol–water partition coefficient (Wildman–Crippen LogP) is 4.13. The molecule has 0 N–H and O–H groups in total. The van der Waals surface area contributed by atoms with Crippen molar-refractivity contribution in [2.75, 3.05) is 0 Å². The monoisotopic (exact) mass is 260 g/mol. The Bertz CT molecular complexity index is 132. The molecule has 0 aliphatic heterocycles. The number of hydrogen-bond donors (Lipinski definition) is 0. The average Bonchev–Trinajstić information content (AvgIpc) is 2.12. The fourth-order valence-electron chi connectivity index (χ4n) is 0.818. The van der Waals surface area contributed by atoms with Crippen LogP contribution >= 0.6 is 0 Å². The van der Waals surface area contributed by atoms with Crippen LogP contribution in [0.5, 0.6) is 0 Å². The van der Waals surface area contributed by atoms with Crippen molar-refractivity contribution < 1.29 is 22.4 Å². The molecule has 1 heteroatoms. The van der Waals surface area contributed by atoms with Gasteiger partial charge in [-0.1, -0.05) is 19.8 Å². The minimum Gasteiger partial charge on any atom is -0.358 e. The van der Waals surface area contributed by atoms with E-state index in [1.807, 2.05) is 0 Å². The molecule has 0 aromatic heterocycles. The molecule has 13 heavy (non-hydrogen) atoms. The van der Waals surface area contributed by atoms with E-state index in [4.69, 9.17) is 0 Å². The fraction of sp³-hybridized carbons (Fsp3) is 0.333. The molecule has 0 saturated carbocycles. The van der Waals surface area contributed by atoms with Gasteiger partial charge in [-0.05, 0) is 0 Å². The molecule has 0 amide bonds. The Balaban J connectivity index is -0.0000000427. The number of hydrogen-bond acceptors (Lipinski definition) is 0. The van der Waals surface area contributed by atoms with E-state index in [1.165, 1.54) is 5.57 Å². The van der Waals surface area contributed by atoms with Gasteiger partial charge in [0.15, 0.2) is 0 Å². The second-order valence-electron chi connectivity index (χ2n) is 2.39. The standard InChI is InChI=1S/C8H11.4CH3.Nb/c1-7(2)8-5-3-4-6-8;;;;;/h3,5,7H,4H2,1-2H3;4*1H3;/q5*-1;+5. The van der Waals surface area contributed by atoms with Gasteiger partial charge >= 0.3 is 22.4 Å². The van der Waals surface area contributed by atoms with Crippen molar-refractivity contribution in [2.24, 2.45) is 5.92 Å². The first-order chi connectivity index (χ1) is 3.80. The molecule has 1 rings (SSSR count). The quantitative estimate of drug-likeness (QED) is 0.491. The molecular weight excluding hydrogens is 237 g/mol. The Kier molecular flexibility index (Phi) is 33.1. The molecule has 0 spiro atoms. The smallest absolute Gasteiger partial charge is 0.358 e. The van der Waals surface area contributed by atoms with Crippen LogP contribution in [0.15, 0.2) is 17.7 Å². The van der Waals surface area contributed by atoms with Crippen molar-refractivity contribution in [3.63, 3.8) is 0 Å². The third kappa shape index (κ3) is 10.1. The van der Waals surface area contributed by atoms with Gasteiger partial charge in [0.1, 0.15) is 0 Å². The van der Waals surface area contributed by atoms with E-state index in [1.54, 1.807) is 0 Å². The summed E-state index contributed by atoms with van der Waals surface area (Å²) in [5.41, 5.74) is 1.37. The van der Waals surface area contributed by atoms with Gasteiger partial charge in [0.05, 0.1) is 0 Å². The molecular formula is C12H23Nb. The molecule has 0 aromatic carbocycles. The van der Waals surface area contributed by atoms with Gasteiger partial charge in [0.25, 0.3) is 0 Å². The Labute approximate surface area is 102 Å². The van der Waals surface area contributed by atoms with E-state index in [9.17, 15) is 0 Å². The normalized spacial score (nSPS) is 10.8. The zero-order valence-corrected chi connectivity index (χ0v) is 12.1. The van der Waals surface area contributed by atoms with Crippen LogP contribution in [0.2, 0.25) is 0 Å². The van der Waals surface area contributed by atoms with Gasteiger partial charge < -0.3 is 29.7 Å². The van der Waals surface area contributed by atoms with E-state index in [-0.39, 0.29) is 52.1 Å². The largest absolute Gasteiger partial charge is 5.00 e. The first-order valence-corrected chi connectivity index (χ1v) is 3.08. The van der Waals surface area contributed by atoms with Crippen molar-refractivity contribution >= 4 is 0 Å². The van der Waals surface area contributed by atoms with Crippen LogP contribution in [0.3, 0.4) is 0 Å². The third-order valence-electron chi connectivity index (χ3n) is 1.34. The molecule has 0 aromatic rings. The summed E-state index contributed by atoms with van der Waals surface area (Å²) in [5, 5.41) is 0. The van der Waals surface area contributed by atoms with Gasteiger partial charge in [0, 0.05) is 0 Å². The molecule has 0 bridgehead atoms. The summed E-state index contributed by atoms with van der Waals surface area (Å²) in [6, 6.07) is 0. The maximum Gasteiger partial charge on any atom is 5.00 e. The van der Waals surface area contributed by atoms with Crippen LogP contribution in [0.4, 0.5) is 0 Å². The molecule has 0 radical (unpaired) electrons. The Hall–Kier alpha value is 0.220. The zero-order valence-electron chi connectivity index (χ0n) is 9.89. The Morgan fingerprint density at radius 3 is 1.77 bits per heavy atom. The summed E-state index contributed by atoms with van der Waals surface area (Å²) >= 11 is 0. The molecule has 0 nitrogen and oxygen atoms in total. The van der Waals surface area contributed by atoms with Crippen molar-refractivity contribution in [2.45, 2.75) is 20.3 Å². The molecule has 0 saturated heterocycles. The van der Waals surface area contributed by atoms with Crippen LogP contribution in [0.25, 0.3) is 0 Å². The van der Waals surface area contributed by atoms with Crippen LogP contribution in [0, 0.1) is 41.7 Å².